The lowest BCUT2D eigenvalue weighted by Gasteiger charge is -2.09. The van der Waals surface area contributed by atoms with Crippen LogP contribution in [0.2, 0.25) is 0 Å². The molecule has 0 bridgehead atoms. The largest absolute Gasteiger partial charge is 0.507 e. The van der Waals surface area contributed by atoms with Gasteiger partial charge in [0.2, 0.25) is 0 Å². The zero-order chi connectivity index (χ0) is 21.7. The van der Waals surface area contributed by atoms with Gasteiger partial charge in [-0.2, -0.15) is 0 Å². The van der Waals surface area contributed by atoms with E-state index in [-0.39, 0.29) is 22.3 Å². The molecule has 3 rings (SSSR count). The van der Waals surface area contributed by atoms with Crippen molar-refractivity contribution in [1.29, 1.82) is 0 Å². The number of hydrogen-bond donors (Lipinski definition) is 2. The van der Waals surface area contributed by atoms with Crippen LogP contribution in [0.1, 0.15) is 54.3 Å². The van der Waals surface area contributed by atoms with Crippen LogP contribution >= 0.6 is 0 Å². The molecule has 2 N–H and O–H groups in total. The van der Waals surface area contributed by atoms with E-state index in [1.807, 2.05) is 0 Å². The molecule has 0 fully saturated rings. The molecule has 0 aliphatic heterocycles. The smallest absolute Gasteiger partial charge is 0.174 e. The minimum absolute atomic E-state index is 0.225. The number of carbonyl (C=O) groups excluding carboxylic acids is 4. The van der Waals surface area contributed by atoms with Gasteiger partial charge in [-0.3, -0.25) is 29.1 Å². The summed E-state index contributed by atoms with van der Waals surface area (Å²) in [4.78, 5) is 57.1. The van der Waals surface area contributed by atoms with E-state index < -0.39 is 47.5 Å². The molecule has 2 heterocycles. The first-order chi connectivity index (χ1) is 14.4. The monoisotopic (exact) mass is 404 g/mol. The molecule has 1 aromatic carbocycles. The highest BCUT2D eigenvalue weighted by Gasteiger charge is 2.23. The number of nitrogens with zero attached hydrogens (tertiary/aromatic N) is 2. The van der Waals surface area contributed by atoms with Crippen LogP contribution in [-0.4, -0.2) is 43.3 Å². The molecule has 0 aliphatic carbocycles. The van der Waals surface area contributed by atoms with Gasteiger partial charge >= 0.3 is 0 Å². The molecule has 8 heteroatoms. The Balaban J connectivity index is 1.81. The van der Waals surface area contributed by atoms with Crippen molar-refractivity contribution in [2.24, 2.45) is 0 Å². The summed E-state index contributed by atoms with van der Waals surface area (Å²) >= 11 is 0. The third-order valence-corrected chi connectivity index (χ3v) is 4.32. The molecule has 0 unspecified atom stereocenters. The standard InChI is InChI=1S/C22H16N2O6/c25-17(13-3-1-5-23-11-13)8-19(27)15-7-16(22(30)10-21(15)29)20(28)9-18(26)14-4-2-6-24-12-14/h1-7,10-12,29-30H,8-9H2. The fraction of sp³-hybridized carbons (Fsp3) is 0.0909. The average molecular weight is 404 g/mol. The highest BCUT2D eigenvalue weighted by Crippen LogP contribution is 2.30. The van der Waals surface area contributed by atoms with Gasteiger partial charge in [-0.25, -0.2) is 0 Å². The van der Waals surface area contributed by atoms with E-state index in [1.54, 1.807) is 12.1 Å². The zero-order valence-electron chi connectivity index (χ0n) is 15.6. The van der Waals surface area contributed by atoms with E-state index in [2.05, 4.69) is 9.97 Å². The molecular formula is C22H16N2O6. The van der Waals surface area contributed by atoms with Crippen LogP contribution in [0.25, 0.3) is 0 Å². The summed E-state index contributed by atoms with van der Waals surface area (Å²) in [7, 11) is 0. The number of rotatable bonds is 8. The summed E-state index contributed by atoms with van der Waals surface area (Å²) < 4.78 is 0. The maximum Gasteiger partial charge on any atom is 0.174 e. The predicted molar refractivity (Wildman–Crippen MR) is 105 cm³/mol. The van der Waals surface area contributed by atoms with Crippen LogP contribution in [0.5, 0.6) is 11.5 Å². The summed E-state index contributed by atoms with van der Waals surface area (Å²) in [6.45, 7) is 0. The van der Waals surface area contributed by atoms with E-state index >= 15 is 0 Å². The quantitative estimate of drug-likeness (QED) is 0.432. The number of hydrogen-bond acceptors (Lipinski definition) is 8. The molecule has 0 amide bonds. The molecule has 30 heavy (non-hydrogen) atoms. The first-order valence-electron chi connectivity index (χ1n) is 8.85. The van der Waals surface area contributed by atoms with Crippen molar-refractivity contribution in [3.05, 3.63) is 83.4 Å². The first kappa shape index (κ1) is 20.5. The number of benzene rings is 1. The molecule has 0 atom stereocenters. The molecule has 2 aromatic heterocycles. The molecule has 150 valence electrons. The van der Waals surface area contributed by atoms with E-state index in [0.29, 0.717) is 0 Å². The average Bonchev–Trinajstić information content (AvgIpc) is 2.74. The highest BCUT2D eigenvalue weighted by atomic mass is 16.3. The Labute approximate surface area is 170 Å². The van der Waals surface area contributed by atoms with Crippen LogP contribution < -0.4 is 0 Å². The topological polar surface area (TPSA) is 135 Å². The van der Waals surface area contributed by atoms with E-state index in [1.165, 1.54) is 36.9 Å². The van der Waals surface area contributed by atoms with Gasteiger partial charge in [0.1, 0.15) is 11.5 Å². The van der Waals surface area contributed by atoms with Crippen molar-refractivity contribution in [3.8, 4) is 11.5 Å². The van der Waals surface area contributed by atoms with Gasteiger partial charge in [0.05, 0.1) is 24.0 Å². The lowest BCUT2D eigenvalue weighted by molar-refractivity contribution is 0.0880. The Hall–Kier alpha value is -4.20. The van der Waals surface area contributed by atoms with Gasteiger partial charge in [-0.05, 0) is 30.3 Å². The molecule has 0 spiro atoms. The maximum absolute atomic E-state index is 12.5. The number of phenolic OH excluding ortho intramolecular Hbond substituents is 2. The normalized spacial score (nSPS) is 10.4. The van der Waals surface area contributed by atoms with Crippen molar-refractivity contribution < 1.29 is 29.4 Å². The second-order valence-electron chi connectivity index (χ2n) is 6.42. The second-order valence-corrected chi connectivity index (χ2v) is 6.42. The third-order valence-electron chi connectivity index (χ3n) is 4.32. The summed E-state index contributed by atoms with van der Waals surface area (Å²) in [5, 5.41) is 20.0. The molecule has 0 saturated heterocycles. The maximum atomic E-state index is 12.5. The third kappa shape index (κ3) is 4.61. The first-order valence-corrected chi connectivity index (χ1v) is 8.85. The Morgan fingerprint density at radius 3 is 1.47 bits per heavy atom. The van der Waals surface area contributed by atoms with Crippen LogP contribution in [0.15, 0.2) is 61.2 Å². The molecule has 8 nitrogen and oxygen atoms in total. The fourth-order valence-electron chi connectivity index (χ4n) is 2.77. The summed E-state index contributed by atoms with van der Waals surface area (Å²) in [6.07, 6.45) is 4.46. The summed E-state index contributed by atoms with van der Waals surface area (Å²) in [6, 6.07) is 7.92. The van der Waals surface area contributed by atoms with Crippen LogP contribution in [0.3, 0.4) is 0 Å². The zero-order valence-corrected chi connectivity index (χ0v) is 15.6. The van der Waals surface area contributed by atoms with Crippen molar-refractivity contribution in [2.45, 2.75) is 12.8 Å². The Kier molecular flexibility index (Phi) is 6.07. The second kappa shape index (κ2) is 8.87. The summed E-state index contributed by atoms with van der Waals surface area (Å²) in [5.41, 5.74) is -0.158. The van der Waals surface area contributed by atoms with Gasteiger partial charge in [-0.1, -0.05) is 0 Å². The molecule has 0 radical (unpaired) electrons. The van der Waals surface area contributed by atoms with E-state index in [9.17, 15) is 29.4 Å². The van der Waals surface area contributed by atoms with Crippen LogP contribution in [-0.2, 0) is 0 Å². The molecular weight excluding hydrogens is 388 g/mol. The van der Waals surface area contributed by atoms with E-state index in [0.717, 1.165) is 12.1 Å². The lowest BCUT2D eigenvalue weighted by atomic mass is 9.96. The molecule has 0 aliphatic rings. The van der Waals surface area contributed by atoms with Crippen LogP contribution in [0.4, 0.5) is 0 Å². The Morgan fingerprint density at radius 2 is 1.10 bits per heavy atom. The van der Waals surface area contributed by atoms with Crippen molar-refractivity contribution in [1.82, 2.24) is 9.97 Å². The van der Waals surface area contributed by atoms with Gasteiger partial charge in [0, 0.05) is 42.0 Å². The Morgan fingerprint density at radius 1 is 0.667 bits per heavy atom. The van der Waals surface area contributed by atoms with Crippen molar-refractivity contribution in [3.63, 3.8) is 0 Å². The number of Topliss-reactive ketones (excluding diaryl/α,β-unsaturated/α-hetero) is 4. The lowest BCUT2D eigenvalue weighted by Crippen LogP contribution is -2.12. The van der Waals surface area contributed by atoms with Crippen LogP contribution in [0, 0.1) is 0 Å². The minimum Gasteiger partial charge on any atom is -0.507 e. The van der Waals surface area contributed by atoms with Gasteiger partial charge in [0.15, 0.2) is 23.1 Å². The van der Waals surface area contributed by atoms with E-state index in [4.69, 9.17) is 0 Å². The predicted octanol–water partition coefficient (Wildman–Crippen LogP) is 2.80. The minimum atomic E-state index is -0.742. The number of aromatic hydroxyl groups is 2. The summed E-state index contributed by atoms with van der Waals surface area (Å²) in [5.74, 6) is -3.67. The number of aromatic nitrogens is 2. The number of pyridine rings is 2. The van der Waals surface area contributed by atoms with Gasteiger partial charge in [-0.15, -0.1) is 0 Å². The number of ketones is 4. The highest BCUT2D eigenvalue weighted by molar-refractivity contribution is 6.17. The number of carbonyl (C=O) groups is 4. The van der Waals surface area contributed by atoms with Gasteiger partial charge in [0.25, 0.3) is 0 Å². The SMILES string of the molecule is O=C(CC(=O)c1cc(C(=O)CC(=O)c2cccnc2)c(O)cc1O)c1cccnc1. The van der Waals surface area contributed by atoms with Crippen molar-refractivity contribution >= 4 is 23.1 Å². The fourth-order valence-corrected chi connectivity index (χ4v) is 2.77. The van der Waals surface area contributed by atoms with Gasteiger partial charge < -0.3 is 10.2 Å². The molecule has 0 saturated carbocycles. The van der Waals surface area contributed by atoms with Crippen molar-refractivity contribution in [2.75, 3.05) is 0 Å². The Bertz CT molecular complexity index is 1040. The molecule has 3 aromatic rings. The number of phenols is 2.